The van der Waals surface area contributed by atoms with Crippen LogP contribution in [-0.2, 0) is 19.5 Å². The van der Waals surface area contributed by atoms with E-state index in [1.54, 1.807) is 5.82 Å². The van der Waals surface area contributed by atoms with Gasteiger partial charge in [0, 0.05) is 6.42 Å². The van der Waals surface area contributed by atoms with E-state index in [0.717, 1.165) is 0 Å². The Kier molecular flexibility index (Phi) is 22.0. The number of aromatic nitrogens is 2. The monoisotopic (exact) mass is 475 g/mol. The molecule has 0 saturated carbocycles. The average Bonchev–Trinajstić information content (AvgIpc) is 3.23. The van der Waals surface area contributed by atoms with E-state index < -0.39 is 0 Å². The Morgan fingerprint density at radius 1 is 0.500 bits per heavy atom. The largest absolute Gasteiger partial charge is 0.256 e. The topological polar surface area (TPSA) is 8.81 Å². The standard InChI is InChI=1S/C32H63N2/c1-4-7-10-12-14-16-18-19-21-23-25-27-32-33(28-9-6-3)30-31-34(32)29-26-24-22-20-17-15-13-11-8-5-2/h30-31H,4-29H2,1-3H3/q+1. The Labute approximate surface area is 215 Å². The Bertz CT molecular complexity index is 533. The van der Waals surface area contributed by atoms with Gasteiger partial charge in [0.05, 0.1) is 13.1 Å². The molecule has 0 bridgehead atoms. The van der Waals surface area contributed by atoms with Crippen molar-refractivity contribution in [1.29, 1.82) is 0 Å². The molecule has 0 radical (unpaired) electrons. The van der Waals surface area contributed by atoms with Gasteiger partial charge in [-0.05, 0) is 25.7 Å². The first-order valence-electron chi connectivity index (χ1n) is 15.9. The fourth-order valence-corrected chi connectivity index (χ4v) is 5.24. The number of aryl methyl sites for hydroxylation is 2. The fraction of sp³-hybridized carbons (Fsp3) is 0.906. The highest BCUT2D eigenvalue weighted by Gasteiger charge is 2.16. The molecule has 0 unspecified atom stereocenters. The van der Waals surface area contributed by atoms with Crippen LogP contribution in [0.2, 0.25) is 0 Å². The number of hydrogen-bond acceptors (Lipinski definition) is 0. The molecule has 1 aromatic heterocycles. The normalized spacial score (nSPS) is 11.5. The van der Waals surface area contributed by atoms with Crippen LogP contribution in [0.1, 0.15) is 174 Å². The lowest BCUT2D eigenvalue weighted by atomic mass is 10.1. The lowest BCUT2D eigenvalue weighted by Crippen LogP contribution is -2.37. The summed E-state index contributed by atoms with van der Waals surface area (Å²) >= 11 is 0. The van der Waals surface area contributed by atoms with E-state index in [9.17, 15) is 0 Å². The lowest BCUT2D eigenvalue weighted by molar-refractivity contribution is -0.704. The SMILES string of the molecule is CCCCCCCCCCCCCc1n(CCCC)cc[n+]1CCCCCCCCCCCC. The zero-order chi connectivity index (χ0) is 24.5. The first-order chi connectivity index (χ1) is 16.8. The molecular weight excluding hydrogens is 412 g/mol. The predicted octanol–water partition coefficient (Wildman–Crippen LogP) is 10.4. The predicted molar refractivity (Wildman–Crippen MR) is 152 cm³/mol. The third-order valence-electron chi connectivity index (χ3n) is 7.60. The van der Waals surface area contributed by atoms with Gasteiger partial charge in [-0.3, -0.25) is 0 Å². The minimum Gasteiger partial charge on any atom is -0.234 e. The summed E-state index contributed by atoms with van der Waals surface area (Å²) in [5, 5.41) is 0. The second-order valence-electron chi connectivity index (χ2n) is 10.9. The molecule has 0 aliphatic carbocycles. The molecule has 0 fully saturated rings. The maximum atomic E-state index is 2.59. The molecule has 1 rings (SSSR count). The van der Waals surface area contributed by atoms with Crippen molar-refractivity contribution in [3.63, 3.8) is 0 Å². The number of rotatable bonds is 26. The van der Waals surface area contributed by atoms with Gasteiger partial charge in [0.15, 0.2) is 0 Å². The van der Waals surface area contributed by atoms with E-state index in [4.69, 9.17) is 0 Å². The maximum Gasteiger partial charge on any atom is 0.256 e. The van der Waals surface area contributed by atoms with E-state index in [2.05, 4.69) is 42.3 Å². The molecule has 1 heterocycles. The number of hydrogen-bond donors (Lipinski definition) is 0. The highest BCUT2D eigenvalue weighted by molar-refractivity contribution is 4.84. The van der Waals surface area contributed by atoms with Crippen LogP contribution in [0.5, 0.6) is 0 Å². The summed E-state index contributed by atoms with van der Waals surface area (Å²) in [7, 11) is 0. The summed E-state index contributed by atoms with van der Waals surface area (Å²) in [4.78, 5) is 0. The van der Waals surface area contributed by atoms with Crippen molar-refractivity contribution in [2.75, 3.05) is 0 Å². The molecule has 1 aromatic rings. The minimum atomic E-state index is 1.20. The second-order valence-corrected chi connectivity index (χ2v) is 10.9. The summed E-state index contributed by atoms with van der Waals surface area (Å²) in [5.41, 5.74) is 0. The van der Waals surface area contributed by atoms with Crippen LogP contribution >= 0.6 is 0 Å². The van der Waals surface area contributed by atoms with Gasteiger partial charge in [-0.25, -0.2) is 9.13 Å². The highest BCUT2D eigenvalue weighted by atomic mass is 15.1. The third kappa shape index (κ3) is 16.8. The van der Waals surface area contributed by atoms with Gasteiger partial charge in [0.1, 0.15) is 12.4 Å². The summed E-state index contributed by atoms with van der Waals surface area (Å²) < 4.78 is 5.16. The molecule has 0 N–H and O–H groups in total. The van der Waals surface area contributed by atoms with Crippen molar-refractivity contribution >= 4 is 0 Å². The summed E-state index contributed by atoms with van der Waals surface area (Å²) in [6.45, 7) is 9.35. The molecule has 0 spiro atoms. The van der Waals surface area contributed by atoms with Gasteiger partial charge < -0.3 is 0 Å². The first kappa shape index (κ1) is 31.2. The van der Waals surface area contributed by atoms with Gasteiger partial charge in [-0.15, -0.1) is 0 Å². The Morgan fingerprint density at radius 3 is 1.38 bits per heavy atom. The number of imidazole rings is 1. The zero-order valence-corrected chi connectivity index (χ0v) is 23.9. The molecule has 0 saturated heterocycles. The molecule has 0 aliphatic heterocycles. The summed E-state index contributed by atoms with van der Waals surface area (Å²) in [6.07, 6.45) is 38.6. The number of unbranched alkanes of at least 4 members (excludes halogenated alkanes) is 20. The van der Waals surface area contributed by atoms with Crippen LogP contribution in [0.3, 0.4) is 0 Å². The molecule has 0 amide bonds. The average molecular weight is 476 g/mol. The quantitative estimate of drug-likeness (QED) is 0.0930. The van der Waals surface area contributed by atoms with Crippen LogP contribution in [0, 0.1) is 0 Å². The van der Waals surface area contributed by atoms with Crippen LogP contribution in [0.25, 0.3) is 0 Å². The molecule has 2 heteroatoms. The van der Waals surface area contributed by atoms with Crippen molar-refractivity contribution in [2.45, 2.75) is 188 Å². The summed E-state index contributed by atoms with van der Waals surface area (Å²) in [6, 6.07) is 0. The second kappa shape index (κ2) is 23.9. The molecule has 0 aliphatic rings. The van der Waals surface area contributed by atoms with Gasteiger partial charge >= 0.3 is 0 Å². The van der Waals surface area contributed by atoms with Crippen molar-refractivity contribution in [3.8, 4) is 0 Å². The van der Waals surface area contributed by atoms with Crippen molar-refractivity contribution in [3.05, 3.63) is 18.2 Å². The molecule has 34 heavy (non-hydrogen) atoms. The van der Waals surface area contributed by atoms with Crippen LogP contribution in [0.4, 0.5) is 0 Å². The van der Waals surface area contributed by atoms with Gasteiger partial charge in [0.2, 0.25) is 0 Å². The fourth-order valence-electron chi connectivity index (χ4n) is 5.24. The zero-order valence-electron chi connectivity index (χ0n) is 23.9. The lowest BCUT2D eigenvalue weighted by Gasteiger charge is -2.06. The van der Waals surface area contributed by atoms with Crippen molar-refractivity contribution in [2.24, 2.45) is 0 Å². The van der Waals surface area contributed by atoms with E-state index in [1.165, 1.54) is 167 Å². The van der Waals surface area contributed by atoms with E-state index >= 15 is 0 Å². The molecular formula is C32H63N2+. The van der Waals surface area contributed by atoms with Gasteiger partial charge in [0.25, 0.3) is 5.82 Å². The van der Waals surface area contributed by atoms with Crippen LogP contribution in [-0.4, -0.2) is 4.57 Å². The smallest absolute Gasteiger partial charge is 0.234 e. The Morgan fingerprint density at radius 2 is 0.912 bits per heavy atom. The van der Waals surface area contributed by atoms with E-state index in [-0.39, 0.29) is 0 Å². The molecule has 2 nitrogen and oxygen atoms in total. The first-order valence-corrected chi connectivity index (χ1v) is 15.9. The van der Waals surface area contributed by atoms with Crippen LogP contribution < -0.4 is 4.57 Å². The number of nitrogens with zero attached hydrogens (tertiary/aromatic N) is 2. The van der Waals surface area contributed by atoms with E-state index in [0.29, 0.717) is 0 Å². The molecule has 0 aromatic carbocycles. The third-order valence-corrected chi connectivity index (χ3v) is 7.60. The Hall–Kier alpha value is -0.790. The van der Waals surface area contributed by atoms with Gasteiger partial charge in [-0.1, -0.05) is 143 Å². The van der Waals surface area contributed by atoms with Gasteiger partial charge in [-0.2, -0.15) is 0 Å². The summed E-state index contributed by atoms with van der Waals surface area (Å²) in [5.74, 6) is 1.60. The van der Waals surface area contributed by atoms with Crippen molar-refractivity contribution < 1.29 is 4.57 Å². The molecule has 200 valence electrons. The van der Waals surface area contributed by atoms with Crippen molar-refractivity contribution in [1.82, 2.24) is 4.57 Å². The van der Waals surface area contributed by atoms with E-state index in [1.807, 2.05) is 0 Å². The highest BCUT2D eigenvalue weighted by Crippen LogP contribution is 2.14. The maximum absolute atomic E-state index is 2.59. The Balaban J connectivity index is 2.20. The minimum absolute atomic E-state index is 1.20. The molecule has 0 atom stereocenters. The van der Waals surface area contributed by atoms with Crippen LogP contribution in [0.15, 0.2) is 12.4 Å².